The number of benzene rings is 2. The van der Waals surface area contributed by atoms with E-state index < -0.39 is 17.7 Å². The highest BCUT2D eigenvalue weighted by Crippen LogP contribution is 2.50. The number of aliphatic hydroxyl groups excluding tert-OH is 1. The number of halogens is 2. The van der Waals surface area contributed by atoms with Gasteiger partial charge in [-0.05, 0) is 24.5 Å². The minimum atomic E-state index is -0.612. The molecule has 1 fully saturated rings. The third-order valence-electron chi connectivity index (χ3n) is 5.03. The number of hydrogen-bond acceptors (Lipinski definition) is 3. The van der Waals surface area contributed by atoms with E-state index in [1.807, 2.05) is 30.3 Å². The van der Waals surface area contributed by atoms with Gasteiger partial charge in [0, 0.05) is 17.5 Å². The van der Waals surface area contributed by atoms with E-state index in [0.29, 0.717) is 11.3 Å². The fourth-order valence-electron chi connectivity index (χ4n) is 3.91. The molecule has 126 valence electrons. The number of rotatable bonds is 2. The van der Waals surface area contributed by atoms with Crippen molar-refractivity contribution >= 4 is 5.69 Å². The first-order valence-corrected chi connectivity index (χ1v) is 8.24. The Morgan fingerprint density at radius 1 is 1.12 bits per heavy atom. The van der Waals surface area contributed by atoms with E-state index in [1.165, 1.54) is 6.07 Å². The molecule has 0 bridgehead atoms. The third-order valence-corrected chi connectivity index (χ3v) is 5.03. The van der Waals surface area contributed by atoms with Crippen LogP contribution in [0.2, 0.25) is 0 Å². The van der Waals surface area contributed by atoms with Gasteiger partial charge in [-0.25, -0.2) is 8.78 Å². The molecule has 1 saturated heterocycles. The topological polar surface area (TPSA) is 41.5 Å². The minimum absolute atomic E-state index is 0.0592. The molecule has 0 aliphatic carbocycles. The van der Waals surface area contributed by atoms with Crippen LogP contribution < -0.4 is 5.32 Å². The molecule has 3 nitrogen and oxygen atoms in total. The Labute approximate surface area is 139 Å². The number of ether oxygens (including phenoxy) is 1. The van der Waals surface area contributed by atoms with E-state index in [2.05, 4.69) is 5.32 Å². The molecule has 2 aromatic carbocycles. The van der Waals surface area contributed by atoms with Crippen molar-refractivity contribution in [1.29, 1.82) is 0 Å². The fraction of sp³-hybridized carbons (Fsp3) is 0.368. The minimum Gasteiger partial charge on any atom is -0.394 e. The Balaban J connectivity index is 1.80. The summed E-state index contributed by atoms with van der Waals surface area (Å²) in [7, 11) is 0. The van der Waals surface area contributed by atoms with Crippen LogP contribution in [0.4, 0.5) is 14.5 Å². The lowest BCUT2D eigenvalue weighted by Crippen LogP contribution is -2.40. The normalized spacial score (nSPS) is 28.6. The molecule has 2 aliphatic rings. The van der Waals surface area contributed by atoms with Gasteiger partial charge in [0.1, 0.15) is 11.6 Å². The van der Waals surface area contributed by atoms with E-state index in [9.17, 15) is 13.9 Å². The van der Waals surface area contributed by atoms with Crippen molar-refractivity contribution in [2.75, 3.05) is 11.9 Å². The zero-order valence-corrected chi connectivity index (χ0v) is 13.1. The van der Waals surface area contributed by atoms with Crippen LogP contribution >= 0.6 is 0 Å². The van der Waals surface area contributed by atoms with Crippen LogP contribution in [-0.4, -0.2) is 17.8 Å². The Morgan fingerprint density at radius 2 is 1.92 bits per heavy atom. The van der Waals surface area contributed by atoms with Crippen molar-refractivity contribution in [2.24, 2.45) is 5.92 Å². The summed E-state index contributed by atoms with van der Waals surface area (Å²) in [6.07, 6.45) is 0.832. The van der Waals surface area contributed by atoms with E-state index in [4.69, 9.17) is 4.74 Å². The molecule has 0 amide bonds. The van der Waals surface area contributed by atoms with Crippen LogP contribution in [0.1, 0.15) is 36.1 Å². The van der Waals surface area contributed by atoms with Gasteiger partial charge in [-0.2, -0.15) is 0 Å². The van der Waals surface area contributed by atoms with Crippen molar-refractivity contribution in [1.82, 2.24) is 0 Å². The Morgan fingerprint density at radius 3 is 2.67 bits per heavy atom. The van der Waals surface area contributed by atoms with Crippen molar-refractivity contribution in [3.63, 3.8) is 0 Å². The smallest absolute Gasteiger partial charge is 0.149 e. The number of hydrogen-bond donors (Lipinski definition) is 2. The van der Waals surface area contributed by atoms with E-state index in [-0.39, 0.29) is 24.7 Å². The summed E-state index contributed by atoms with van der Waals surface area (Å²) in [4.78, 5) is 0. The average Bonchev–Trinajstić information content (AvgIpc) is 2.61. The van der Waals surface area contributed by atoms with Gasteiger partial charge >= 0.3 is 0 Å². The molecular weight excluding hydrogens is 312 g/mol. The van der Waals surface area contributed by atoms with Crippen LogP contribution in [-0.2, 0) is 4.74 Å². The maximum atomic E-state index is 14.4. The lowest BCUT2D eigenvalue weighted by atomic mass is 9.76. The van der Waals surface area contributed by atoms with Crippen LogP contribution in [0.3, 0.4) is 0 Å². The van der Waals surface area contributed by atoms with E-state index in [1.54, 1.807) is 0 Å². The van der Waals surface area contributed by atoms with Gasteiger partial charge in [0.25, 0.3) is 0 Å². The molecule has 2 aliphatic heterocycles. The third kappa shape index (κ3) is 2.58. The Bertz CT molecular complexity index is 738. The maximum Gasteiger partial charge on any atom is 0.149 e. The highest BCUT2D eigenvalue weighted by molar-refractivity contribution is 5.58. The Hall–Kier alpha value is -1.98. The van der Waals surface area contributed by atoms with Crippen molar-refractivity contribution in [3.05, 3.63) is 65.2 Å². The number of fused-ring (bicyclic) bond motifs is 3. The maximum absolute atomic E-state index is 14.4. The van der Waals surface area contributed by atoms with E-state index >= 15 is 0 Å². The van der Waals surface area contributed by atoms with Crippen LogP contribution in [0.5, 0.6) is 0 Å². The summed E-state index contributed by atoms with van der Waals surface area (Å²) in [5.41, 5.74) is 1.85. The molecular formula is C19H19F2NO2. The number of anilines is 1. The quantitative estimate of drug-likeness (QED) is 0.875. The predicted octanol–water partition coefficient (Wildman–Crippen LogP) is 3.96. The number of aliphatic hydroxyl groups is 1. The summed E-state index contributed by atoms with van der Waals surface area (Å²) in [6, 6.07) is 11.9. The van der Waals surface area contributed by atoms with Gasteiger partial charge < -0.3 is 15.2 Å². The summed E-state index contributed by atoms with van der Waals surface area (Å²) >= 11 is 0. The first-order valence-electron chi connectivity index (χ1n) is 8.24. The zero-order chi connectivity index (χ0) is 16.7. The number of nitrogens with one attached hydrogen (secondary N) is 1. The van der Waals surface area contributed by atoms with Gasteiger partial charge in [-0.1, -0.05) is 30.3 Å². The molecule has 0 saturated carbocycles. The summed E-state index contributed by atoms with van der Waals surface area (Å²) in [6.45, 7) is -0.0835. The molecule has 2 heterocycles. The van der Waals surface area contributed by atoms with Crippen molar-refractivity contribution in [2.45, 2.75) is 31.1 Å². The highest BCUT2D eigenvalue weighted by atomic mass is 19.1. The van der Waals surface area contributed by atoms with Crippen molar-refractivity contribution in [3.8, 4) is 0 Å². The molecule has 0 aromatic heterocycles. The van der Waals surface area contributed by atoms with Gasteiger partial charge in [0.05, 0.1) is 30.5 Å². The van der Waals surface area contributed by atoms with Crippen LogP contribution in [0.25, 0.3) is 0 Å². The second-order valence-electron chi connectivity index (χ2n) is 6.49. The molecule has 0 spiro atoms. The highest BCUT2D eigenvalue weighted by Gasteiger charge is 2.43. The first kappa shape index (κ1) is 15.5. The lowest BCUT2D eigenvalue weighted by Gasteiger charge is -2.45. The van der Waals surface area contributed by atoms with Gasteiger partial charge in [-0.15, -0.1) is 0 Å². The molecule has 4 atom stereocenters. The first-order chi connectivity index (χ1) is 11.7. The average molecular weight is 331 g/mol. The molecule has 0 unspecified atom stereocenters. The fourth-order valence-corrected chi connectivity index (χ4v) is 3.91. The second-order valence-corrected chi connectivity index (χ2v) is 6.49. The second kappa shape index (κ2) is 6.15. The summed E-state index contributed by atoms with van der Waals surface area (Å²) < 4.78 is 34.1. The largest absolute Gasteiger partial charge is 0.394 e. The Kier molecular flexibility index (Phi) is 3.98. The van der Waals surface area contributed by atoms with Gasteiger partial charge in [-0.3, -0.25) is 0 Å². The monoisotopic (exact) mass is 331 g/mol. The standard InChI is InChI=1S/C19H19F2NO2/c20-12-8-15-18(16(21)9-12)22-17(11-4-2-1-3-5-11)14-7-6-13(10-23)24-19(14)15/h1-5,8-9,13-14,17,19,22-23H,6-7,10H2/t13-,14-,17+,19-/m1/s1. The van der Waals surface area contributed by atoms with Gasteiger partial charge in [0.15, 0.2) is 0 Å². The zero-order valence-electron chi connectivity index (χ0n) is 13.1. The molecule has 2 N–H and O–H groups in total. The summed E-state index contributed by atoms with van der Waals surface area (Å²) in [5, 5.41) is 12.7. The molecule has 2 aromatic rings. The predicted molar refractivity (Wildman–Crippen MR) is 86.6 cm³/mol. The molecule has 4 rings (SSSR count). The molecule has 24 heavy (non-hydrogen) atoms. The van der Waals surface area contributed by atoms with E-state index in [0.717, 1.165) is 24.5 Å². The summed E-state index contributed by atoms with van der Waals surface area (Å²) in [5.74, 6) is -1.16. The molecule has 0 radical (unpaired) electrons. The van der Waals surface area contributed by atoms with Crippen LogP contribution in [0.15, 0.2) is 42.5 Å². The van der Waals surface area contributed by atoms with Gasteiger partial charge in [0.2, 0.25) is 0 Å². The SMILES string of the molecule is OC[C@H]1CC[C@@H]2[C@H](c3ccccc3)Nc3c(F)cc(F)cc3[C@@H]2O1. The molecule has 5 heteroatoms. The lowest BCUT2D eigenvalue weighted by molar-refractivity contribution is -0.110. The van der Waals surface area contributed by atoms with Crippen LogP contribution in [0, 0.1) is 17.6 Å². The van der Waals surface area contributed by atoms with Crippen molar-refractivity contribution < 1.29 is 18.6 Å².